The van der Waals surface area contributed by atoms with Crippen LogP contribution in [-0.2, 0) is 6.54 Å². The molecule has 0 saturated carbocycles. The first-order valence-electron chi connectivity index (χ1n) is 13.3. The van der Waals surface area contributed by atoms with E-state index in [1.165, 1.54) is 12.8 Å². The van der Waals surface area contributed by atoms with E-state index < -0.39 is 0 Å². The molecule has 0 radical (unpaired) electrons. The van der Waals surface area contributed by atoms with Gasteiger partial charge in [0.25, 0.3) is 5.91 Å². The van der Waals surface area contributed by atoms with E-state index in [4.69, 9.17) is 0 Å². The molecule has 8 nitrogen and oxygen atoms in total. The molecule has 3 aliphatic heterocycles. The van der Waals surface area contributed by atoms with E-state index in [0.29, 0.717) is 18.2 Å². The third-order valence-corrected chi connectivity index (χ3v) is 7.99. The fraction of sp³-hybridized carbons (Fsp3) is 0.345. The lowest BCUT2D eigenvalue weighted by Crippen LogP contribution is -2.21. The molecule has 0 spiro atoms. The van der Waals surface area contributed by atoms with E-state index in [9.17, 15) is 4.79 Å². The zero-order chi connectivity index (χ0) is 24.9. The third-order valence-electron chi connectivity index (χ3n) is 7.99. The quantitative estimate of drug-likeness (QED) is 0.287. The van der Waals surface area contributed by atoms with Crippen LogP contribution in [0, 0.1) is 6.92 Å². The minimum atomic E-state index is -0.0500. The largest absolute Gasteiger partial charge is 0.348 e. The van der Waals surface area contributed by atoms with E-state index in [0.717, 1.165) is 82.3 Å². The zero-order valence-corrected chi connectivity index (χ0v) is 20.9. The fourth-order valence-electron chi connectivity index (χ4n) is 6.06. The Morgan fingerprint density at radius 2 is 1.49 bits per heavy atom. The number of fused-ring (bicyclic) bond motifs is 3. The number of aromatic nitrogens is 4. The number of imidazole rings is 2. The van der Waals surface area contributed by atoms with Crippen molar-refractivity contribution in [1.82, 2.24) is 35.9 Å². The van der Waals surface area contributed by atoms with Crippen molar-refractivity contribution in [2.24, 2.45) is 0 Å². The van der Waals surface area contributed by atoms with Gasteiger partial charge in [-0.1, -0.05) is 12.1 Å². The molecule has 3 aliphatic rings. The Kier molecular flexibility index (Phi) is 5.44. The van der Waals surface area contributed by atoms with Crippen molar-refractivity contribution in [3.05, 3.63) is 71.1 Å². The number of carbonyl (C=O) groups is 1. The topological polar surface area (TPSA) is 111 Å². The Balaban J connectivity index is 1.24. The van der Waals surface area contributed by atoms with Crippen LogP contribution >= 0.6 is 0 Å². The van der Waals surface area contributed by atoms with Crippen LogP contribution in [-0.4, -0.2) is 38.9 Å². The SMILES string of the molecule is Cc1cc(-c2cnc(C3CCCN3)[nH]2)cc2c1-c1ccc(-c3cnc(C4CCCN4)[nH]3)cc1CNC2=O. The van der Waals surface area contributed by atoms with Crippen molar-refractivity contribution < 1.29 is 4.79 Å². The number of nitrogens with zero attached hydrogens (tertiary/aromatic N) is 2. The number of aryl methyl sites for hydroxylation is 1. The summed E-state index contributed by atoms with van der Waals surface area (Å²) in [4.78, 5) is 29.5. The molecular weight excluding hydrogens is 462 g/mol. The zero-order valence-electron chi connectivity index (χ0n) is 20.9. The predicted octanol–water partition coefficient (Wildman–Crippen LogP) is 4.53. The first kappa shape index (κ1) is 22.4. The maximum Gasteiger partial charge on any atom is 0.252 e. The number of hydrogen-bond donors (Lipinski definition) is 5. The molecule has 8 heteroatoms. The van der Waals surface area contributed by atoms with Crippen molar-refractivity contribution in [3.8, 4) is 33.6 Å². The number of nitrogens with one attached hydrogen (secondary N) is 5. The summed E-state index contributed by atoms with van der Waals surface area (Å²) in [5.74, 6) is 1.91. The molecular formula is C29H31N7O. The highest BCUT2D eigenvalue weighted by atomic mass is 16.1. The predicted molar refractivity (Wildman–Crippen MR) is 143 cm³/mol. The molecule has 2 aromatic heterocycles. The average molecular weight is 494 g/mol. The summed E-state index contributed by atoms with van der Waals surface area (Å²) in [7, 11) is 0. The van der Waals surface area contributed by atoms with Gasteiger partial charge in [0, 0.05) is 17.7 Å². The van der Waals surface area contributed by atoms with Crippen LogP contribution in [0.15, 0.2) is 42.7 Å². The van der Waals surface area contributed by atoms with Crippen molar-refractivity contribution in [2.45, 2.75) is 51.2 Å². The summed E-state index contributed by atoms with van der Waals surface area (Å²) < 4.78 is 0. The number of H-pyrrole nitrogens is 2. The lowest BCUT2D eigenvalue weighted by molar-refractivity contribution is 0.0952. The summed E-state index contributed by atoms with van der Waals surface area (Å²) in [5, 5.41) is 10.1. The van der Waals surface area contributed by atoms with Crippen LogP contribution in [0.3, 0.4) is 0 Å². The van der Waals surface area contributed by atoms with E-state index in [1.807, 2.05) is 18.5 Å². The maximum absolute atomic E-state index is 13.3. The standard InChI is InChI=1S/C29H31N7O/c1-16-10-18(25-15-33-28(36-25)23-5-3-9-31-23)12-21-26(16)20-7-6-17(11-19(20)13-34-29(21)37)24-14-32-27(35-24)22-4-2-8-30-22/h6-7,10-12,14-15,22-23,30-31H,2-5,8-9,13H2,1H3,(H,32,35)(H,33,36)(H,34,37). The Bertz CT molecular complexity index is 1490. The van der Waals surface area contributed by atoms with Gasteiger partial charge in [-0.05, 0) is 91.7 Å². The Morgan fingerprint density at radius 1 is 0.811 bits per heavy atom. The number of amides is 1. The molecule has 4 aromatic rings. The summed E-state index contributed by atoms with van der Waals surface area (Å²) in [5.41, 5.74) is 8.97. The second kappa shape index (κ2) is 8.97. The van der Waals surface area contributed by atoms with Gasteiger partial charge >= 0.3 is 0 Å². The molecule has 2 atom stereocenters. The second-order valence-corrected chi connectivity index (χ2v) is 10.4. The van der Waals surface area contributed by atoms with Gasteiger partial charge in [0.1, 0.15) is 11.6 Å². The van der Waals surface area contributed by atoms with E-state index in [1.54, 1.807) is 0 Å². The van der Waals surface area contributed by atoms with E-state index in [-0.39, 0.29) is 11.9 Å². The Labute approximate surface area is 215 Å². The van der Waals surface area contributed by atoms with Gasteiger partial charge in [0.15, 0.2) is 0 Å². The van der Waals surface area contributed by atoms with Gasteiger partial charge in [0.05, 0.1) is 35.9 Å². The van der Waals surface area contributed by atoms with Gasteiger partial charge in [-0.15, -0.1) is 0 Å². The minimum Gasteiger partial charge on any atom is -0.348 e. The van der Waals surface area contributed by atoms with Crippen LogP contribution < -0.4 is 16.0 Å². The van der Waals surface area contributed by atoms with Gasteiger partial charge in [-0.3, -0.25) is 4.79 Å². The van der Waals surface area contributed by atoms with Crippen LogP contribution in [0.1, 0.15) is 70.9 Å². The van der Waals surface area contributed by atoms with E-state index >= 15 is 0 Å². The lowest BCUT2D eigenvalue weighted by atomic mass is 9.89. The van der Waals surface area contributed by atoms with E-state index in [2.05, 4.69) is 67.1 Å². The molecule has 2 saturated heterocycles. The number of carbonyl (C=O) groups excluding carboxylic acids is 1. The normalized spacial score (nSPS) is 20.9. The first-order valence-corrected chi connectivity index (χ1v) is 13.3. The lowest BCUT2D eigenvalue weighted by Gasteiger charge is -2.14. The Morgan fingerprint density at radius 3 is 2.14 bits per heavy atom. The molecule has 1 amide bonds. The van der Waals surface area contributed by atoms with Crippen molar-refractivity contribution in [2.75, 3.05) is 13.1 Å². The summed E-state index contributed by atoms with van der Waals surface area (Å²) in [6, 6.07) is 11.2. The summed E-state index contributed by atoms with van der Waals surface area (Å²) in [6.07, 6.45) is 8.34. The molecule has 37 heavy (non-hydrogen) atoms. The molecule has 0 aliphatic carbocycles. The fourth-order valence-corrected chi connectivity index (χ4v) is 6.06. The third kappa shape index (κ3) is 3.97. The number of aromatic amines is 2. The highest BCUT2D eigenvalue weighted by Gasteiger charge is 2.25. The smallest absolute Gasteiger partial charge is 0.252 e. The van der Waals surface area contributed by atoms with Crippen molar-refractivity contribution in [1.29, 1.82) is 0 Å². The van der Waals surface area contributed by atoms with Crippen LogP contribution in [0.5, 0.6) is 0 Å². The monoisotopic (exact) mass is 493 g/mol. The highest BCUT2D eigenvalue weighted by molar-refractivity contribution is 6.04. The molecule has 5 N–H and O–H groups in total. The number of hydrogen-bond acceptors (Lipinski definition) is 5. The van der Waals surface area contributed by atoms with Crippen LogP contribution in [0.2, 0.25) is 0 Å². The molecule has 2 fully saturated rings. The molecule has 5 heterocycles. The van der Waals surface area contributed by atoms with Crippen LogP contribution in [0.4, 0.5) is 0 Å². The molecule has 2 aromatic carbocycles. The van der Waals surface area contributed by atoms with Crippen molar-refractivity contribution >= 4 is 5.91 Å². The van der Waals surface area contributed by atoms with Gasteiger partial charge < -0.3 is 25.9 Å². The van der Waals surface area contributed by atoms with Crippen molar-refractivity contribution in [3.63, 3.8) is 0 Å². The molecule has 0 bridgehead atoms. The second-order valence-electron chi connectivity index (χ2n) is 10.4. The Hall–Kier alpha value is -3.75. The van der Waals surface area contributed by atoms with Gasteiger partial charge in [-0.25, -0.2) is 9.97 Å². The molecule has 7 rings (SSSR count). The summed E-state index contributed by atoms with van der Waals surface area (Å²) in [6.45, 7) is 4.64. The summed E-state index contributed by atoms with van der Waals surface area (Å²) >= 11 is 0. The number of rotatable bonds is 4. The average Bonchev–Trinajstić information content (AvgIpc) is 3.72. The van der Waals surface area contributed by atoms with Crippen LogP contribution in [0.25, 0.3) is 33.6 Å². The highest BCUT2D eigenvalue weighted by Crippen LogP contribution is 2.38. The first-order chi connectivity index (χ1) is 18.1. The molecule has 188 valence electrons. The molecule has 2 unspecified atom stereocenters. The van der Waals surface area contributed by atoms with Gasteiger partial charge in [0.2, 0.25) is 0 Å². The maximum atomic E-state index is 13.3. The number of benzene rings is 2. The minimum absolute atomic E-state index is 0.0500. The van der Waals surface area contributed by atoms with Gasteiger partial charge in [-0.2, -0.15) is 0 Å².